The number of anilines is 2. The number of nitrogens with zero attached hydrogens (tertiary/aromatic N) is 2. The highest BCUT2D eigenvalue weighted by Gasteiger charge is 2.35. The van der Waals surface area contributed by atoms with Crippen LogP contribution in [-0.4, -0.2) is 43.2 Å². The van der Waals surface area contributed by atoms with Gasteiger partial charge in [0.15, 0.2) is 0 Å². The van der Waals surface area contributed by atoms with E-state index in [1.807, 2.05) is 30.3 Å². The van der Waals surface area contributed by atoms with Crippen molar-refractivity contribution < 1.29 is 14.3 Å². The van der Waals surface area contributed by atoms with Crippen LogP contribution in [-0.2, 0) is 6.54 Å². The fraction of sp³-hybridized carbons (Fsp3) is 0.269. The number of urea groups is 1. The molecule has 8 nitrogen and oxygen atoms in total. The van der Waals surface area contributed by atoms with Crippen molar-refractivity contribution in [2.75, 3.05) is 30.4 Å². The van der Waals surface area contributed by atoms with Crippen LogP contribution in [0.4, 0.5) is 16.2 Å². The Balaban J connectivity index is 1.38. The summed E-state index contributed by atoms with van der Waals surface area (Å²) >= 11 is 5.95. The third kappa shape index (κ3) is 4.88. The van der Waals surface area contributed by atoms with Crippen molar-refractivity contribution in [1.29, 1.82) is 0 Å². The molecule has 35 heavy (non-hydrogen) atoms. The third-order valence-electron chi connectivity index (χ3n) is 6.54. The minimum absolute atomic E-state index is 0.0442. The van der Waals surface area contributed by atoms with Crippen LogP contribution in [0.5, 0.6) is 5.75 Å². The van der Waals surface area contributed by atoms with Gasteiger partial charge in [-0.25, -0.2) is 4.79 Å². The summed E-state index contributed by atoms with van der Waals surface area (Å²) in [6, 6.07) is 16.3. The fourth-order valence-corrected chi connectivity index (χ4v) is 4.89. The number of pyridine rings is 1. The molecule has 9 heteroatoms. The van der Waals surface area contributed by atoms with Gasteiger partial charge in [0.2, 0.25) is 0 Å². The zero-order valence-electron chi connectivity index (χ0n) is 19.3. The second kappa shape index (κ2) is 9.84. The Bertz CT molecular complexity index is 1230. The molecule has 2 aliphatic rings. The molecule has 0 bridgehead atoms. The predicted molar refractivity (Wildman–Crippen MR) is 135 cm³/mol. The number of halogens is 1. The SMILES string of the molecule is COc1ccc(C2CN(c3cccc4c3C(=O)NC4)CCC2NC(=O)Nc2ccc(Cl)cc2)nc1. The molecule has 2 aromatic carbocycles. The second-order valence-corrected chi connectivity index (χ2v) is 9.11. The fourth-order valence-electron chi connectivity index (χ4n) is 4.77. The molecular weight excluding hydrogens is 466 g/mol. The van der Waals surface area contributed by atoms with E-state index >= 15 is 0 Å². The number of aromatic nitrogens is 1. The topological polar surface area (TPSA) is 95.6 Å². The molecule has 0 saturated carbocycles. The van der Waals surface area contributed by atoms with Gasteiger partial charge in [-0.2, -0.15) is 0 Å². The van der Waals surface area contributed by atoms with Crippen LogP contribution in [0.3, 0.4) is 0 Å². The number of rotatable bonds is 5. The van der Waals surface area contributed by atoms with Gasteiger partial charge in [0.05, 0.1) is 18.9 Å². The van der Waals surface area contributed by atoms with Crippen molar-refractivity contribution in [3.63, 3.8) is 0 Å². The molecular formula is C26H26ClN5O3. The molecule has 2 aliphatic heterocycles. The number of carbonyl (C=O) groups is 2. The Labute approximate surface area is 208 Å². The number of nitrogens with one attached hydrogen (secondary N) is 3. The number of hydrogen-bond acceptors (Lipinski definition) is 5. The summed E-state index contributed by atoms with van der Waals surface area (Å²) in [5.41, 5.74) is 4.17. The molecule has 3 amide bonds. The Morgan fingerprint density at radius 2 is 2.00 bits per heavy atom. The molecule has 5 rings (SSSR count). The molecule has 0 radical (unpaired) electrons. The van der Waals surface area contributed by atoms with E-state index in [2.05, 4.69) is 25.8 Å². The molecule has 1 saturated heterocycles. The van der Waals surface area contributed by atoms with Crippen LogP contribution < -0.4 is 25.6 Å². The van der Waals surface area contributed by atoms with E-state index in [1.165, 1.54) is 0 Å². The highest BCUT2D eigenvalue weighted by atomic mass is 35.5. The smallest absolute Gasteiger partial charge is 0.319 e. The van der Waals surface area contributed by atoms with E-state index in [4.69, 9.17) is 16.3 Å². The minimum atomic E-state index is -0.288. The van der Waals surface area contributed by atoms with E-state index in [9.17, 15) is 9.59 Å². The summed E-state index contributed by atoms with van der Waals surface area (Å²) < 4.78 is 5.27. The first-order valence-electron chi connectivity index (χ1n) is 11.5. The van der Waals surface area contributed by atoms with Gasteiger partial charge in [-0.3, -0.25) is 9.78 Å². The highest BCUT2D eigenvalue weighted by Crippen LogP contribution is 2.34. The average molecular weight is 492 g/mol. The zero-order valence-corrected chi connectivity index (χ0v) is 20.0. The van der Waals surface area contributed by atoms with E-state index in [1.54, 1.807) is 37.6 Å². The number of piperidine rings is 1. The van der Waals surface area contributed by atoms with Crippen LogP contribution in [0.15, 0.2) is 60.8 Å². The Morgan fingerprint density at radius 3 is 2.74 bits per heavy atom. The van der Waals surface area contributed by atoms with E-state index in [0.717, 1.165) is 22.5 Å². The van der Waals surface area contributed by atoms with Gasteiger partial charge in [-0.15, -0.1) is 0 Å². The first kappa shape index (κ1) is 23.0. The molecule has 3 N–H and O–H groups in total. The molecule has 1 aromatic heterocycles. The lowest BCUT2D eigenvalue weighted by atomic mass is 9.88. The van der Waals surface area contributed by atoms with Crippen LogP contribution >= 0.6 is 11.6 Å². The molecule has 0 aliphatic carbocycles. The number of ether oxygens (including phenoxy) is 1. The molecule has 3 heterocycles. The standard InChI is InChI=1S/C26H26ClN5O3/c1-35-19-9-10-21(28-14-19)20-15-32(23-4-2-3-16-13-29-25(33)24(16)23)12-11-22(20)31-26(34)30-18-7-5-17(27)6-8-18/h2-10,14,20,22H,11-13,15H2,1H3,(H,29,33)(H2,30,31,34). The number of benzene rings is 2. The second-order valence-electron chi connectivity index (χ2n) is 8.67. The van der Waals surface area contributed by atoms with Gasteiger partial charge in [0.25, 0.3) is 5.91 Å². The zero-order chi connectivity index (χ0) is 24.4. The lowest BCUT2D eigenvalue weighted by Gasteiger charge is -2.40. The maximum atomic E-state index is 12.8. The minimum Gasteiger partial charge on any atom is -0.495 e. The molecule has 3 aromatic rings. The molecule has 2 unspecified atom stereocenters. The van der Waals surface area contributed by atoms with Crippen LogP contribution in [0.2, 0.25) is 5.02 Å². The number of carbonyl (C=O) groups excluding carboxylic acids is 2. The summed E-state index contributed by atoms with van der Waals surface area (Å²) in [4.78, 5) is 32.2. The van der Waals surface area contributed by atoms with Gasteiger partial charge in [-0.05, 0) is 54.4 Å². The first-order valence-corrected chi connectivity index (χ1v) is 11.9. The van der Waals surface area contributed by atoms with E-state index in [0.29, 0.717) is 42.5 Å². The van der Waals surface area contributed by atoms with Gasteiger partial charge >= 0.3 is 6.03 Å². The third-order valence-corrected chi connectivity index (χ3v) is 6.79. The predicted octanol–water partition coefficient (Wildman–Crippen LogP) is 4.17. The monoisotopic (exact) mass is 491 g/mol. The lowest BCUT2D eigenvalue weighted by molar-refractivity contribution is 0.0966. The van der Waals surface area contributed by atoms with Gasteiger partial charge in [0.1, 0.15) is 5.75 Å². The highest BCUT2D eigenvalue weighted by molar-refractivity contribution is 6.30. The largest absolute Gasteiger partial charge is 0.495 e. The van der Waals surface area contributed by atoms with Crippen LogP contribution in [0.1, 0.15) is 34.0 Å². The quantitative estimate of drug-likeness (QED) is 0.498. The number of fused-ring (bicyclic) bond motifs is 1. The first-order chi connectivity index (χ1) is 17.0. The maximum absolute atomic E-state index is 12.8. The van der Waals surface area contributed by atoms with Crippen LogP contribution in [0.25, 0.3) is 0 Å². The van der Waals surface area contributed by atoms with Crippen molar-refractivity contribution in [2.45, 2.75) is 24.9 Å². The van der Waals surface area contributed by atoms with E-state index < -0.39 is 0 Å². The molecule has 0 spiro atoms. The van der Waals surface area contributed by atoms with Crippen molar-refractivity contribution in [3.8, 4) is 5.75 Å². The lowest BCUT2D eigenvalue weighted by Crippen LogP contribution is -2.51. The number of methoxy groups -OCH3 is 1. The van der Waals surface area contributed by atoms with Crippen molar-refractivity contribution >= 4 is 34.9 Å². The summed E-state index contributed by atoms with van der Waals surface area (Å²) in [6.45, 7) is 1.85. The Hall–Kier alpha value is -3.78. The summed E-state index contributed by atoms with van der Waals surface area (Å²) in [6.07, 6.45) is 2.38. The van der Waals surface area contributed by atoms with Crippen molar-refractivity contribution in [1.82, 2.24) is 15.6 Å². The summed E-state index contributed by atoms with van der Waals surface area (Å²) in [5, 5.41) is 9.53. The number of hydrogen-bond donors (Lipinski definition) is 3. The van der Waals surface area contributed by atoms with Crippen LogP contribution in [0, 0.1) is 0 Å². The van der Waals surface area contributed by atoms with Gasteiger partial charge in [-0.1, -0.05) is 23.7 Å². The summed E-state index contributed by atoms with van der Waals surface area (Å²) in [5.74, 6) is 0.534. The van der Waals surface area contributed by atoms with Gasteiger partial charge in [0, 0.05) is 53.7 Å². The Morgan fingerprint density at radius 1 is 1.17 bits per heavy atom. The maximum Gasteiger partial charge on any atom is 0.319 e. The molecule has 1 fully saturated rings. The van der Waals surface area contributed by atoms with E-state index in [-0.39, 0.29) is 23.9 Å². The summed E-state index contributed by atoms with van der Waals surface area (Å²) in [7, 11) is 1.60. The van der Waals surface area contributed by atoms with Crippen molar-refractivity contribution in [3.05, 3.63) is 82.6 Å². The van der Waals surface area contributed by atoms with Gasteiger partial charge < -0.3 is 25.6 Å². The average Bonchev–Trinajstić information content (AvgIpc) is 3.27. The Kier molecular flexibility index (Phi) is 6.46. The normalized spacial score (nSPS) is 19.0. The van der Waals surface area contributed by atoms with Crippen molar-refractivity contribution in [2.24, 2.45) is 0 Å². The molecule has 180 valence electrons. The molecule has 2 atom stereocenters. The number of amides is 3.